The number of ketones is 1. The summed E-state index contributed by atoms with van der Waals surface area (Å²) in [4.78, 5) is 23.6. The van der Waals surface area contributed by atoms with Gasteiger partial charge in [0.05, 0.1) is 18.3 Å². The van der Waals surface area contributed by atoms with Gasteiger partial charge in [0.25, 0.3) is 0 Å². The second kappa shape index (κ2) is 8.38. The minimum absolute atomic E-state index is 0.0242. The lowest BCUT2D eigenvalue weighted by atomic mass is 9.73. The molecule has 0 amide bonds. The summed E-state index contributed by atoms with van der Waals surface area (Å²) >= 11 is 0. The van der Waals surface area contributed by atoms with Gasteiger partial charge < -0.3 is 25.2 Å². The number of aliphatic carboxylic acids is 1. The van der Waals surface area contributed by atoms with Crippen LogP contribution in [0.1, 0.15) is 53.4 Å². The maximum atomic E-state index is 11.8. The average molecular weight is 346 g/mol. The van der Waals surface area contributed by atoms with Gasteiger partial charge in [0, 0.05) is 25.2 Å². The fourth-order valence-electron chi connectivity index (χ4n) is 3.26. The molecule has 4 N–H and O–H groups in total. The molecule has 0 bridgehead atoms. The van der Waals surface area contributed by atoms with Crippen LogP contribution < -0.4 is 0 Å². The summed E-state index contributed by atoms with van der Waals surface area (Å²) < 4.78 is 5.79. The topological polar surface area (TPSA) is 124 Å². The average Bonchev–Trinajstić information content (AvgIpc) is 2.54. The maximum absolute atomic E-state index is 11.8. The quantitative estimate of drug-likeness (QED) is 0.511. The van der Waals surface area contributed by atoms with E-state index in [1.807, 2.05) is 0 Å². The van der Waals surface area contributed by atoms with E-state index in [-0.39, 0.29) is 31.5 Å². The summed E-state index contributed by atoms with van der Waals surface area (Å²) in [5.41, 5.74) is -1.66. The lowest BCUT2D eigenvalue weighted by molar-refractivity contribution is -0.249. The number of ether oxygens (including phenoxy) is 1. The smallest absolute Gasteiger partial charge is 0.336 e. The highest BCUT2D eigenvalue weighted by molar-refractivity contribution is 5.79. The Labute approximate surface area is 142 Å². The first-order valence-electron chi connectivity index (χ1n) is 8.57. The molecule has 0 radical (unpaired) electrons. The molecule has 1 aliphatic heterocycles. The van der Waals surface area contributed by atoms with Crippen molar-refractivity contribution < 1.29 is 34.8 Å². The minimum atomic E-state index is -1.66. The number of carbonyl (C=O) groups is 2. The van der Waals surface area contributed by atoms with Gasteiger partial charge in [-0.15, -0.1) is 0 Å². The first kappa shape index (κ1) is 21.0. The molecule has 0 saturated carbocycles. The Balaban J connectivity index is 3.23. The van der Waals surface area contributed by atoms with E-state index in [2.05, 4.69) is 0 Å². The van der Waals surface area contributed by atoms with Crippen molar-refractivity contribution in [3.05, 3.63) is 0 Å². The molecule has 0 aromatic rings. The molecule has 7 nitrogen and oxygen atoms in total. The molecule has 0 aromatic heterocycles. The molecule has 1 fully saturated rings. The number of carbonyl (C=O) groups excluding carboxylic acids is 1. The number of carboxylic acids is 1. The largest absolute Gasteiger partial charge is 0.479 e. The molecule has 1 unspecified atom stereocenters. The summed E-state index contributed by atoms with van der Waals surface area (Å²) in [6.07, 6.45) is -4.41. The van der Waals surface area contributed by atoms with Gasteiger partial charge in [-0.05, 0) is 12.3 Å². The first-order chi connectivity index (χ1) is 11.1. The van der Waals surface area contributed by atoms with Gasteiger partial charge in [-0.25, -0.2) is 4.79 Å². The van der Waals surface area contributed by atoms with Crippen LogP contribution in [-0.2, 0) is 14.3 Å². The van der Waals surface area contributed by atoms with Crippen molar-refractivity contribution in [2.45, 2.75) is 83.4 Å². The van der Waals surface area contributed by atoms with Crippen LogP contribution in [0, 0.1) is 11.8 Å². The van der Waals surface area contributed by atoms with Gasteiger partial charge in [0.2, 0.25) is 0 Å². The van der Waals surface area contributed by atoms with Crippen molar-refractivity contribution in [1.29, 1.82) is 0 Å². The van der Waals surface area contributed by atoms with Crippen molar-refractivity contribution >= 4 is 11.8 Å². The Morgan fingerprint density at radius 3 is 2.25 bits per heavy atom. The van der Waals surface area contributed by atoms with Crippen LogP contribution >= 0.6 is 0 Å². The van der Waals surface area contributed by atoms with Crippen LogP contribution in [0.2, 0.25) is 0 Å². The van der Waals surface area contributed by atoms with Gasteiger partial charge in [-0.2, -0.15) is 0 Å². The molecule has 0 aromatic carbocycles. The highest BCUT2D eigenvalue weighted by Crippen LogP contribution is 2.41. The molecule has 1 saturated heterocycles. The highest BCUT2D eigenvalue weighted by atomic mass is 16.6. The molecule has 0 aliphatic carbocycles. The summed E-state index contributed by atoms with van der Waals surface area (Å²) in [6, 6.07) is 0. The molecular formula is C17H30O7. The van der Waals surface area contributed by atoms with Crippen molar-refractivity contribution in [1.82, 2.24) is 0 Å². The van der Waals surface area contributed by atoms with E-state index in [0.29, 0.717) is 0 Å². The normalized spacial score (nSPS) is 33.2. The molecule has 7 heteroatoms. The second-order valence-corrected chi connectivity index (χ2v) is 6.93. The van der Waals surface area contributed by atoms with E-state index in [1.54, 1.807) is 27.7 Å². The van der Waals surface area contributed by atoms with Gasteiger partial charge >= 0.3 is 5.97 Å². The van der Waals surface area contributed by atoms with E-state index in [9.17, 15) is 30.0 Å². The zero-order valence-corrected chi connectivity index (χ0v) is 14.8. The Morgan fingerprint density at radius 2 is 1.83 bits per heavy atom. The summed E-state index contributed by atoms with van der Waals surface area (Å²) in [7, 11) is 0. The third-order valence-corrected chi connectivity index (χ3v) is 5.08. The Morgan fingerprint density at radius 1 is 1.25 bits per heavy atom. The maximum Gasteiger partial charge on any atom is 0.336 e. The van der Waals surface area contributed by atoms with Crippen LogP contribution in [0.4, 0.5) is 0 Å². The molecule has 140 valence electrons. The molecule has 1 rings (SSSR count). The van der Waals surface area contributed by atoms with E-state index in [1.165, 1.54) is 0 Å². The third-order valence-electron chi connectivity index (χ3n) is 5.08. The summed E-state index contributed by atoms with van der Waals surface area (Å²) in [6.45, 7) is 6.70. The summed E-state index contributed by atoms with van der Waals surface area (Å²) in [5.74, 6) is -2.54. The molecule has 1 heterocycles. The molecule has 1 aliphatic rings. The van der Waals surface area contributed by atoms with Crippen molar-refractivity contribution in [2.75, 3.05) is 0 Å². The first-order valence-corrected chi connectivity index (χ1v) is 8.57. The highest BCUT2D eigenvalue weighted by Gasteiger charge is 2.55. The van der Waals surface area contributed by atoms with Crippen molar-refractivity contribution in [3.63, 3.8) is 0 Å². The number of Topliss-reactive ketones (excluding diaryl/α,β-unsaturated/α-hetero) is 1. The van der Waals surface area contributed by atoms with Crippen LogP contribution in [0.3, 0.4) is 0 Å². The standard InChI is InChI=1S/C17H30O7/c1-5-10(18)7-11-13(20)8-17(9(3)4,16(22)23)24-15(11)14(21)12(19)6-2/h9,11-15,19-21H,5-8H2,1-4H3,(H,22,23)/t11-,12-,13-,14-,15?,17+/m1/s1. The molecule has 0 spiro atoms. The number of aliphatic hydroxyl groups is 3. The van der Waals surface area contributed by atoms with E-state index in [0.717, 1.165) is 0 Å². The molecule has 24 heavy (non-hydrogen) atoms. The number of hydrogen-bond acceptors (Lipinski definition) is 6. The fraction of sp³-hybridized carbons (Fsp3) is 0.882. The number of hydrogen-bond donors (Lipinski definition) is 4. The van der Waals surface area contributed by atoms with Gasteiger partial charge in [0.1, 0.15) is 11.9 Å². The summed E-state index contributed by atoms with van der Waals surface area (Å²) in [5, 5.41) is 40.6. The SMILES string of the molecule is CCC(=O)C[C@H]1C([C@H](O)[C@H](O)CC)O[C@](C(=O)O)(C(C)C)C[C@H]1O. The predicted molar refractivity (Wildman–Crippen MR) is 86.4 cm³/mol. The van der Waals surface area contributed by atoms with Gasteiger partial charge in [-0.1, -0.05) is 27.7 Å². The minimum Gasteiger partial charge on any atom is -0.479 e. The van der Waals surface area contributed by atoms with Crippen molar-refractivity contribution in [3.8, 4) is 0 Å². The van der Waals surface area contributed by atoms with Crippen molar-refractivity contribution in [2.24, 2.45) is 11.8 Å². The molecular weight excluding hydrogens is 316 g/mol. The van der Waals surface area contributed by atoms with Crippen LogP contribution in [0.25, 0.3) is 0 Å². The van der Waals surface area contributed by atoms with Gasteiger partial charge in [0.15, 0.2) is 5.60 Å². The Bertz CT molecular complexity index is 450. The molecule has 6 atom stereocenters. The van der Waals surface area contributed by atoms with Crippen LogP contribution in [-0.4, -0.2) is 62.2 Å². The Hall–Kier alpha value is -1.02. The Kier molecular flexibility index (Phi) is 7.34. The number of rotatable bonds is 8. The fourth-order valence-corrected chi connectivity index (χ4v) is 3.26. The van der Waals surface area contributed by atoms with Gasteiger partial charge in [-0.3, -0.25) is 4.79 Å². The number of carboxylic acid groups (broad SMARTS) is 1. The van der Waals surface area contributed by atoms with Crippen LogP contribution in [0.15, 0.2) is 0 Å². The number of aliphatic hydroxyl groups excluding tert-OH is 3. The second-order valence-electron chi connectivity index (χ2n) is 6.93. The van der Waals surface area contributed by atoms with Crippen LogP contribution in [0.5, 0.6) is 0 Å². The zero-order chi connectivity index (χ0) is 18.7. The van der Waals surface area contributed by atoms with E-state index in [4.69, 9.17) is 4.74 Å². The lowest BCUT2D eigenvalue weighted by Crippen LogP contribution is -2.62. The lowest BCUT2D eigenvalue weighted by Gasteiger charge is -2.48. The monoisotopic (exact) mass is 346 g/mol. The third kappa shape index (κ3) is 4.14. The van der Waals surface area contributed by atoms with E-state index >= 15 is 0 Å². The van der Waals surface area contributed by atoms with E-state index < -0.39 is 47.8 Å². The zero-order valence-electron chi connectivity index (χ0n) is 14.8. The predicted octanol–water partition coefficient (Wildman–Crippen LogP) is 0.733.